The molecule has 0 bridgehead atoms. The number of unbranched alkanes of at least 4 members (excludes halogenated alkanes) is 3. The third-order valence-electron chi connectivity index (χ3n) is 4.78. The highest BCUT2D eigenvalue weighted by Gasteiger charge is 2.24. The van der Waals surface area contributed by atoms with Crippen LogP contribution in [0.3, 0.4) is 0 Å². The number of carbonyl (C=O) groups excluding carboxylic acids is 1. The van der Waals surface area contributed by atoms with E-state index >= 15 is 0 Å². The average molecular weight is 456 g/mol. The molecular formula is C26H35N2O5+. The summed E-state index contributed by atoms with van der Waals surface area (Å²) in [5.41, 5.74) is 0.785. The fourth-order valence-electron chi connectivity index (χ4n) is 3.33. The highest BCUT2D eigenvalue weighted by Crippen LogP contribution is 2.14. The van der Waals surface area contributed by atoms with Gasteiger partial charge in [-0.25, -0.2) is 0 Å². The Morgan fingerprint density at radius 3 is 2.61 bits per heavy atom. The first kappa shape index (κ1) is 26.0. The van der Waals surface area contributed by atoms with Gasteiger partial charge in [-0.15, -0.1) is 0 Å². The van der Waals surface area contributed by atoms with E-state index in [2.05, 4.69) is 24.1 Å². The minimum absolute atomic E-state index is 0.0975. The third kappa shape index (κ3) is 10.3. The molecule has 2 rings (SSSR count). The van der Waals surface area contributed by atoms with Gasteiger partial charge in [0.15, 0.2) is 11.5 Å². The lowest BCUT2D eigenvalue weighted by Gasteiger charge is -2.28. The summed E-state index contributed by atoms with van der Waals surface area (Å²) in [7, 11) is 5.82. The van der Waals surface area contributed by atoms with E-state index in [-0.39, 0.29) is 12.2 Å². The number of aliphatic carboxylic acids is 1. The molecule has 0 aliphatic rings. The average Bonchev–Trinajstić information content (AvgIpc) is 3.20. The topological polar surface area (TPSA) is 88.8 Å². The van der Waals surface area contributed by atoms with E-state index in [0.717, 1.165) is 24.2 Å². The number of rotatable bonds is 12. The van der Waals surface area contributed by atoms with Crippen molar-refractivity contribution in [1.29, 1.82) is 0 Å². The second-order valence-corrected chi connectivity index (χ2v) is 9.09. The Balaban J connectivity index is 1.98. The Bertz CT molecular complexity index is 978. The number of amides is 1. The number of ether oxygens (including phenoxy) is 1. The molecule has 1 amide bonds. The third-order valence-corrected chi connectivity index (χ3v) is 4.78. The van der Waals surface area contributed by atoms with Crippen molar-refractivity contribution in [2.75, 3.05) is 34.3 Å². The fourth-order valence-corrected chi connectivity index (χ4v) is 3.33. The lowest BCUT2D eigenvalue weighted by atomic mass is 10.2. The molecule has 33 heavy (non-hydrogen) atoms. The van der Waals surface area contributed by atoms with Crippen LogP contribution in [0.5, 0.6) is 5.75 Å². The molecule has 0 aliphatic carbocycles. The van der Waals surface area contributed by atoms with Crippen molar-refractivity contribution >= 4 is 11.9 Å². The molecule has 0 saturated heterocycles. The number of furan rings is 1. The Labute approximate surface area is 196 Å². The minimum atomic E-state index is -0.966. The maximum Gasteiger partial charge on any atom is 0.305 e. The van der Waals surface area contributed by atoms with Gasteiger partial charge in [-0.3, -0.25) is 9.59 Å². The monoisotopic (exact) mass is 455 g/mol. The highest BCUT2D eigenvalue weighted by molar-refractivity contribution is 5.92. The van der Waals surface area contributed by atoms with Crippen molar-refractivity contribution in [2.45, 2.75) is 45.1 Å². The van der Waals surface area contributed by atoms with Crippen LogP contribution >= 0.6 is 0 Å². The predicted molar refractivity (Wildman–Crippen MR) is 127 cm³/mol. The summed E-state index contributed by atoms with van der Waals surface area (Å²) in [5, 5.41) is 11.9. The van der Waals surface area contributed by atoms with E-state index < -0.39 is 17.9 Å². The second-order valence-electron chi connectivity index (χ2n) is 9.09. The number of nitrogens with one attached hydrogen (secondary N) is 1. The number of nitrogens with zero attached hydrogens (tertiary/aromatic N) is 1. The summed E-state index contributed by atoms with van der Waals surface area (Å²) >= 11 is 0. The molecule has 7 heteroatoms. The Morgan fingerprint density at radius 1 is 1.12 bits per heavy atom. The first-order valence-corrected chi connectivity index (χ1v) is 11.3. The quantitative estimate of drug-likeness (QED) is 0.288. The van der Waals surface area contributed by atoms with Gasteiger partial charge in [0.1, 0.15) is 5.75 Å². The zero-order valence-electron chi connectivity index (χ0n) is 20.0. The molecule has 1 aromatic heterocycles. The van der Waals surface area contributed by atoms with E-state index in [9.17, 15) is 9.59 Å². The van der Waals surface area contributed by atoms with Crippen LogP contribution in [0.2, 0.25) is 0 Å². The predicted octanol–water partition coefficient (Wildman–Crippen LogP) is 3.92. The van der Waals surface area contributed by atoms with Crippen molar-refractivity contribution in [3.05, 3.63) is 53.5 Å². The molecule has 0 fully saturated rings. The van der Waals surface area contributed by atoms with Gasteiger partial charge in [0.25, 0.3) is 5.91 Å². The zero-order valence-corrected chi connectivity index (χ0v) is 20.0. The number of hydrogen-bond donors (Lipinski definition) is 2. The first-order valence-electron chi connectivity index (χ1n) is 11.3. The Hall–Kier alpha value is -3.24. The normalized spacial score (nSPS) is 11.9. The van der Waals surface area contributed by atoms with Gasteiger partial charge in [-0.2, -0.15) is 0 Å². The molecule has 1 heterocycles. The summed E-state index contributed by atoms with van der Waals surface area (Å²) in [4.78, 5) is 23.7. The fraction of sp³-hybridized carbons (Fsp3) is 0.462. The number of quaternary nitrogens is 1. The SMILES string of the molecule is CCCCCCOc1cccc(C#Cc2ccc(C(=O)N[C@H](CC(=O)O)C[N+](C)(C)C)o2)c1. The molecule has 0 spiro atoms. The molecule has 2 N–H and O–H groups in total. The minimum Gasteiger partial charge on any atom is -0.494 e. The van der Waals surface area contributed by atoms with Crippen LogP contribution in [-0.2, 0) is 4.79 Å². The lowest BCUT2D eigenvalue weighted by molar-refractivity contribution is -0.871. The Kier molecular flexibility index (Phi) is 10.0. The highest BCUT2D eigenvalue weighted by atomic mass is 16.5. The number of likely N-dealkylation sites (N-methyl/N-ethyl adjacent to an activating group) is 1. The summed E-state index contributed by atoms with van der Waals surface area (Å²) in [6, 6.07) is 10.2. The van der Waals surface area contributed by atoms with Gasteiger partial charge >= 0.3 is 5.97 Å². The smallest absolute Gasteiger partial charge is 0.305 e. The molecule has 0 unspecified atom stereocenters. The summed E-state index contributed by atoms with van der Waals surface area (Å²) < 4.78 is 11.9. The van der Waals surface area contributed by atoms with Gasteiger partial charge in [0.2, 0.25) is 0 Å². The lowest BCUT2D eigenvalue weighted by Crippen LogP contribution is -2.49. The van der Waals surface area contributed by atoms with Crippen molar-refractivity contribution in [1.82, 2.24) is 5.32 Å². The molecule has 0 radical (unpaired) electrons. The molecule has 0 aliphatic heterocycles. The van der Waals surface area contributed by atoms with Crippen molar-refractivity contribution < 1.29 is 28.3 Å². The number of carboxylic acids is 1. The maximum atomic E-state index is 12.6. The van der Waals surface area contributed by atoms with Crippen molar-refractivity contribution in [3.8, 4) is 17.6 Å². The van der Waals surface area contributed by atoms with Crippen LogP contribution in [0.1, 0.15) is 60.9 Å². The molecule has 1 aromatic carbocycles. The number of hydrogen-bond acceptors (Lipinski definition) is 4. The largest absolute Gasteiger partial charge is 0.494 e. The molecule has 2 aromatic rings. The van der Waals surface area contributed by atoms with Gasteiger partial charge in [-0.1, -0.05) is 38.2 Å². The standard InChI is InChI=1S/C26H34N2O5/c1-5-6-7-8-16-32-23-11-9-10-20(17-23)12-13-22-14-15-24(33-22)26(31)27-21(18-25(29)30)19-28(2,3)4/h9-11,14-15,17,21H,5-8,16,18-19H2,1-4H3,(H-,27,29,30,31)/p+1/t21-/m1/s1. The summed E-state index contributed by atoms with van der Waals surface area (Å²) in [6.45, 7) is 3.34. The van der Waals surface area contributed by atoms with E-state index in [1.54, 1.807) is 12.1 Å². The van der Waals surface area contributed by atoms with Crippen molar-refractivity contribution in [2.24, 2.45) is 0 Å². The van der Waals surface area contributed by atoms with Crippen molar-refractivity contribution in [3.63, 3.8) is 0 Å². The van der Waals surface area contributed by atoms with Gasteiger partial charge in [-0.05, 0) is 42.7 Å². The molecule has 1 atom stereocenters. The molecule has 178 valence electrons. The maximum absolute atomic E-state index is 12.6. The van der Waals surface area contributed by atoms with Crippen LogP contribution in [0, 0.1) is 11.8 Å². The van der Waals surface area contributed by atoms with E-state index in [1.165, 1.54) is 12.8 Å². The Morgan fingerprint density at radius 2 is 1.91 bits per heavy atom. The first-order chi connectivity index (χ1) is 15.7. The number of carbonyl (C=O) groups is 2. The molecule has 7 nitrogen and oxygen atoms in total. The van der Waals surface area contributed by atoms with Crippen LogP contribution in [0.4, 0.5) is 0 Å². The van der Waals surface area contributed by atoms with E-state index in [1.807, 2.05) is 45.4 Å². The second kappa shape index (κ2) is 12.7. The van der Waals surface area contributed by atoms with Crippen LogP contribution < -0.4 is 10.1 Å². The molecular weight excluding hydrogens is 420 g/mol. The van der Waals surface area contributed by atoms with Gasteiger partial charge in [0, 0.05) is 5.56 Å². The van der Waals surface area contributed by atoms with E-state index in [4.69, 9.17) is 14.3 Å². The summed E-state index contributed by atoms with van der Waals surface area (Å²) in [6.07, 6.45) is 4.44. The van der Waals surface area contributed by atoms with Crippen LogP contribution in [-0.4, -0.2) is 61.8 Å². The van der Waals surface area contributed by atoms with Crippen LogP contribution in [0.25, 0.3) is 0 Å². The number of carboxylic acid groups (broad SMARTS) is 1. The zero-order chi connectivity index (χ0) is 24.3. The van der Waals surface area contributed by atoms with Crippen LogP contribution in [0.15, 0.2) is 40.8 Å². The van der Waals surface area contributed by atoms with Gasteiger partial charge in [0.05, 0.1) is 46.8 Å². The number of benzene rings is 1. The van der Waals surface area contributed by atoms with Gasteiger partial charge < -0.3 is 24.1 Å². The van der Waals surface area contributed by atoms with E-state index in [0.29, 0.717) is 23.4 Å². The summed E-state index contributed by atoms with van der Waals surface area (Å²) in [5.74, 6) is 5.75. The molecule has 0 saturated carbocycles.